The van der Waals surface area contributed by atoms with Gasteiger partial charge in [-0.25, -0.2) is 0 Å². The number of nitrogens with one attached hydrogen (secondary N) is 3. The van der Waals surface area contributed by atoms with Crippen LogP contribution in [0.1, 0.15) is 19.3 Å². The van der Waals surface area contributed by atoms with Gasteiger partial charge in [-0.3, -0.25) is 19.3 Å². The molecule has 0 saturated carbocycles. The second-order valence-electron chi connectivity index (χ2n) is 7.97. The van der Waals surface area contributed by atoms with Gasteiger partial charge in [-0.2, -0.15) is 0 Å². The van der Waals surface area contributed by atoms with E-state index in [2.05, 4.69) is 20.9 Å². The molecule has 0 spiro atoms. The predicted octanol–water partition coefficient (Wildman–Crippen LogP) is 3.36. The lowest BCUT2D eigenvalue weighted by Crippen LogP contribution is -2.47. The fraction of sp³-hybridized carbons (Fsp3) is 0.348. The van der Waals surface area contributed by atoms with Crippen molar-refractivity contribution < 1.29 is 14.4 Å². The fourth-order valence-corrected chi connectivity index (χ4v) is 5.14. The van der Waals surface area contributed by atoms with Crippen molar-refractivity contribution in [3.8, 4) is 0 Å². The van der Waals surface area contributed by atoms with Gasteiger partial charge in [-0.1, -0.05) is 29.8 Å². The van der Waals surface area contributed by atoms with Crippen molar-refractivity contribution in [3.63, 3.8) is 0 Å². The number of para-hydroxylation sites is 1. The van der Waals surface area contributed by atoms with Crippen LogP contribution in [0.15, 0.2) is 53.4 Å². The third kappa shape index (κ3) is 6.03. The van der Waals surface area contributed by atoms with E-state index in [4.69, 9.17) is 11.6 Å². The van der Waals surface area contributed by atoms with Crippen LogP contribution in [0.25, 0.3) is 0 Å². The van der Waals surface area contributed by atoms with Gasteiger partial charge in [0, 0.05) is 41.2 Å². The number of likely N-dealkylation sites (tertiary alicyclic amines) is 1. The molecule has 0 aromatic heterocycles. The Morgan fingerprint density at radius 1 is 1.09 bits per heavy atom. The highest BCUT2D eigenvalue weighted by Gasteiger charge is 2.30. The number of amides is 3. The Hall–Kier alpha value is -2.55. The van der Waals surface area contributed by atoms with E-state index in [9.17, 15) is 14.4 Å². The fourth-order valence-electron chi connectivity index (χ4n) is 3.87. The topological polar surface area (TPSA) is 90.5 Å². The quantitative estimate of drug-likeness (QED) is 0.599. The maximum Gasteiger partial charge on any atom is 0.238 e. The van der Waals surface area contributed by atoms with Gasteiger partial charge < -0.3 is 16.0 Å². The summed E-state index contributed by atoms with van der Waals surface area (Å²) >= 11 is 7.37. The summed E-state index contributed by atoms with van der Waals surface area (Å²) in [4.78, 5) is 40.2. The molecule has 1 saturated heterocycles. The SMILES string of the molecule is O=C(CN1CCC(NC(=O)CC2Sc3ccc(Cl)cc3NC2=O)CC1)Nc1ccccc1. The summed E-state index contributed by atoms with van der Waals surface area (Å²) in [6, 6.07) is 14.8. The Kier molecular flexibility index (Phi) is 7.34. The van der Waals surface area contributed by atoms with Crippen molar-refractivity contribution in [2.45, 2.75) is 35.4 Å². The zero-order chi connectivity index (χ0) is 22.5. The molecule has 2 heterocycles. The Labute approximate surface area is 196 Å². The number of carbonyl (C=O) groups excluding carboxylic acids is 3. The van der Waals surface area contributed by atoms with E-state index in [1.807, 2.05) is 36.4 Å². The first-order chi connectivity index (χ1) is 15.5. The molecular formula is C23H25ClN4O3S. The van der Waals surface area contributed by atoms with Crippen molar-refractivity contribution in [2.75, 3.05) is 30.3 Å². The number of nitrogens with zero attached hydrogens (tertiary/aromatic N) is 1. The van der Waals surface area contributed by atoms with Crippen molar-refractivity contribution in [1.29, 1.82) is 0 Å². The lowest BCUT2D eigenvalue weighted by atomic mass is 10.0. The second-order valence-corrected chi connectivity index (χ2v) is 9.65. The summed E-state index contributed by atoms with van der Waals surface area (Å²) in [7, 11) is 0. The van der Waals surface area contributed by atoms with Crippen molar-refractivity contribution >= 4 is 52.5 Å². The molecule has 2 aromatic carbocycles. The van der Waals surface area contributed by atoms with Gasteiger partial charge >= 0.3 is 0 Å². The molecule has 3 N–H and O–H groups in total. The van der Waals surface area contributed by atoms with Crippen LogP contribution in [0.2, 0.25) is 5.02 Å². The number of halogens is 1. The number of rotatable bonds is 6. The Morgan fingerprint density at radius 3 is 2.59 bits per heavy atom. The highest BCUT2D eigenvalue weighted by Crippen LogP contribution is 2.38. The van der Waals surface area contributed by atoms with Crippen LogP contribution < -0.4 is 16.0 Å². The van der Waals surface area contributed by atoms with E-state index >= 15 is 0 Å². The van der Waals surface area contributed by atoms with Crippen molar-refractivity contribution in [1.82, 2.24) is 10.2 Å². The molecule has 168 valence electrons. The first-order valence-electron chi connectivity index (χ1n) is 10.6. The normalized spacial score (nSPS) is 19.0. The van der Waals surface area contributed by atoms with E-state index < -0.39 is 5.25 Å². The van der Waals surface area contributed by atoms with Gasteiger partial charge in [0.15, 0.2) is 0 Å². The summed E-state index contributed by atoms with van der Waals surface area (Å²) in [5.74, 6) is -0.352. The molecule has 7 nitrogen and oxygen atoms in total. The third-order valence-electron chi connectivity index (χ3n) is 5.51. The average Bonchev–Trinajstić information content (AvgIpc) is 2.76. The van der Waals surface area contributed by atoms with E-state index in [1.165, 1.54) is 11.8 Å². The molecule has 1 atom stereocenters. The summed E-state index contributed by atoms with van der Waals surface area (Å²) in [5.41, 5.74) is 1.47. The van der Waals surface area contributed by atoms with E-state index in [0.717, 1.165) is 36.5 Å². The summed E-state index contributed by atoms with van der Waals surface area (Å²) < 4.78 is 0. The minimum atomic E-state index is -0.467. The molecular weight excluding hydrogens is 448 g/mol. The van der Waals surface area contributed by atoms with Gasteiger partial charge in [0.2, 0.25) is 17.7 Å². The molecule has 0 bridgehead atoms. The lowest BCUT2D eigenvalue weighted by Gasteiger charge is -2.32. The van der Waals surface area contributed by atoms with Gasteiger partial charge in [-0.15, -0.1) is 11.8 Å². The maximum atomic E-state index is 12.6. The van der Waals surface area contributed by atoms with Crippen LogP contribution >= 0.6 is 23.4 Å². The van der Waals surface area contributed by atoms with Crippen molar-refractivity contribution in [2.24, 2.45) is 0 Å². The second kappa shape index (κ2) is 10.4. The Balaban J connectivity index is 1.20. The summed E-state index contributed by atoms with van der Waals surface area (Å²) in [6.45, 7) is 1.80. The zero-order valence-corrected chi connectivity index (χ0v) is 19.0. The molecule has 9 heteroatoms. The molecule has 1 unspecified atom stereocenters. The standard InChI is InChI=1S/C23H25ClN4O3S/c24-15-6-7-19-18(12-15)27-23(31)20(32-19)13-21(29)25-17-8-10-28(11-9-17)14-22(30)26-16-4-2-1-3-5-16/h1-7,12,17,20H,8-11,13-14H2,(H,25,29)(H,26,30)(H,27,31). The van der Waals surface area contributed by atoms with E-state index in [0.29, 0.717) is 17.3 Å². The van der Waals surface area contributed by atoms with Gasteiger partial charge in [0.1, 0.15) is 0 Å². The number of thioether (sulfide) groups is 1. The molecule has 2 aliphatic rings. The highest BCUT2D eigenvalue weighted by atomic mass is 35.5. The van der Waals surface area contributed by atoms with Gasteiger partial charge in [-0.05, 0) is 43.2 Å². The number of anilines is 2. The summed E-state index contributed by atoms with van der Waals surface area (Å²) in [6.07, 6.45) is 1.67. The number of piperidine rings is 1. The van der Waals surface area contributed by atoms with Crippen LogP contribution in [0, 0.1) is 0 Å². The van der Waals surface area contributed by atoms with Gasteiger partial charge in [0.25, 0.3) is 0 Å². The van der Waals surface area contributed by atoms with E-state index in [1.54, 1.807) is 12.1 Å². The summed E-state index contributed by atoms with van der Waals surface area (Å²) in [5, 5.41) is 8.87. The molecule has 1 fully saturated rings. The average molecular weight is 473 g/mol. The number of hydrogen-bond acceptors (Lipinski definition) is 5. The van der Waals surface area contributed by atoms with E-state index in [-0.39, 0.29) is 30.2 Å². The smallest absolute Gasteiger partial charge is 0.238 e. The Morgan fingerprint density at radius 2 is 1.84 bits per heavy atom. The first kappa shape index (κ1) is 22.6. The number of carbonyl (C=O) groups is 3. The predicted molar refractivity (Wildman–Crippen MR) is 127 cm³/mol. The minimum Gasteiger partial charge on any atom is -0.353 e. The zero-order valence-electron chi connectivity index (χ0n) is 17.5. The third-order valence-corrected chi connectivity index (χ3v) is 7.02. The van der Waals surface area contributed by atoms with Crippen LogP contribution in [0.3, 0.4) is 0 Å². The number of hydrogen-bond donors (Lipinski definition) is 3. The van der Waals surface area contributed by atoms with Gasteiger partial charge in [0.05, 0.1) is 17.5 Å². The molecule has 4 rings (SSSR count). The number of benzene rings is 2. The number of fused-ring (bicyclic) bond motifs is 1. The molecule has 0 aliphatic carbocycles. The monoisotopic (exact) mass is 472 g/mol. The minimum absolute atomic E-state index is 0.0411. The van der Waals surface area contributed by atoms with Crippen LogP contribution in [-0.2, 0) is 14.4 Å². The first-order valence-corrected chi connectivity index (χ1v) is 11.9. The maximum absolute atomic E-state index is 12.6. The van der Waals surface area contributed by atoms with Crippen LogP contribution in [0.4, 0.5) is 11.4 Å². The molecule has 2 aliphatic heterocycles. The van der Waals surface area contributed by atoms with Crippen LogP contribution in [-0.4, -0.2) is 53.5 Å². The van der Waals surface area contributed by atoms with Crippen molar-refractivity contribution in [3.05, 3.63) is 53.6 Å². The molecule has 2 aromatic rings. The lowest BCUT2D eigenvalue weighted by molar-refractivity contribution is -0.125. The molecule has 32 heavy (non-hydrogen) atoms. The largest absolute Gasteiger partial charge is 0.353 e. The molecule has 3 amide bonds. The Bertz CT molecular complexity index is 996. The highest BCUT2D eigenvalue weighted by molar-refractivity contribution is 8.01. The molecule has 0 radical (unpaired) electrons. The van der Waals surface area contributed by atoms with Crippen LogP contribution in [0.5, 0.6) is 0 Å².